The van der Waals surface area contributed by atoms with Crippen molar-refractivity contribution in [3.8, 4) is 0 Å². The van der Waals surface area contributed by atoms with Gasteiger partial charge in [0.05, 0.1) is 5.25 Å². The van der Waals surface area contributed by atoms with Crippen molar-refractivity contribution in [1.82, 2.24) is 15.1 Å². The molecule has 4 nitrogen and oxygen atoms in total. The highest BCUT2D eigenvalue weighted by Crippen LogP contribution is 2.28. The maximum atomic E-state index is 12.4. The molecule has 0 N–H and O–H groups in total. The first-order valence-corrected chi connectivity index (χ1v) is 8.65. The number of thioether (sulfide) groups is 1. The van der Waals surface area contributed by atoms with Gasteiger partial charge in [-0.1, -0.05) is 23.1 Å². The van der Waals surface area contributed by atoms with Gasteiger partial charge >= 0.3 is 0 Å². The Balaban J connectivity index is 1.65. The van der Waals surface area contributed by atoms with Gasteiger partial charge in [0.1, 0.15) is 5.51 Å². The van der Waals surface area contributed by atoms with Gasteiger partial charge in [0.15, 0.2) is 4.34 Å². The zero-order valence-electron chi connectivity index (χ0n) is 10.4. The lowest BCUT2D eigenvalue weighted by Crippen LogP contribution is -2.39. The molecular weight excluding hydrogens is 298 g/mol. The highest BCUT2D eigenvalue weighted by atomic mass is 32.2. The number of aromatic nitrogens is 2. The van der Waals surface area contributed by atoms with E-state index in [-0.39, 0.29) is 11.2 Å². The Morgan fingerprint density at radius 3 is 3.21 bits per heavy atom. The number of hydrogen-bond donors (Lipinski definition) is 0. The maximum absolute atomic E-state index is 12.4. The van der Waals surface area contributed by atoms with Crippen LogP contribution in [0.5, 0.6) is 0 Å². The molecule has 1 aliphatic rings. The molecule has 1 amide bonds. The largest absolute Gasteiger partial charge is 0.337 e. The number of carbonyl (C=O) groups excluding carboxylic acids is 1. The van der Waals surface area contributed by atoms with Gasteiger partial charge in [0.25, 0.3) is 0 Å². The molecule has 0 saturated heterocycles. The van der Waals surface area contributed by atoms with E-state index < -0.39 is 0 Å². The molecule has 0 aromatic carbocycles. The van der Waals surface area contributed by atoms with Crippen molar-refractivity contribution in [2.75, 3.05) is 6.54 Å². The lowest BCUT2D eigenvalue weighted by Gasteiger charge is -2.28. The molecule has 0 saturated carbocycles. The second-order valence-corrected chi connectivity index (χ2v) is 7.77. The van der Waals surface area contributed by atoms with Crippen LogP contribution in [0.25, 0.3) is 0 Å². The molecule has 0 spiro atoms. The number of nitrogens with zero attached hydrogens (tertiary/aromatic N) is 3. The molecule has 0 aliphatic carbocycles. The fourth-order valence-electron chi connectivity index (χ4n) is 2.11. The van der Waals surface area contributed by atoms with E-state index >= 15 is 0 Å². The Kier molecular flexibility index (Phi) is 3.86. The number of thiophene rings is 1. The van der Waals surface area contributed by atoms with Gasteiger partial charge in [-0.25, -0.2) is 0 Å². The van der Waals surface area contributed by atoms with Crippen molar-refractivity contribution in [3.63, 3.8) is 0 Å². The van der Waals surface area contributed by atoms with Crippen molar-refractivity contribution in [2.24, 2.45) is 0 Å². The molecule has 3 heterocycles. The van der Waals surface area contributed by atoms with Gasteiger partial charge < -0.3 is 4.90 Å². The smallest absolute Gasteiger partial charge is 0.236 e. The van der Waals surface area contributed by atoms with Crippen LogP contribution in [0.4, 0.5) is 0 Å². The number of amides is 1. The standard InChI is InChI=1S/C12H13N3OS3/c1-8(19-12-14-13-7-18-12)11(16)15-4-2-10-9(6-15)3-5-17-10/h3,5,7-8H,2,4,6H2,1H3/t8-/m0/s1. The van der Waals surface area contributed by atoms with E-state index in [1.54, 1.807) is 16.8 Å². The van der Waals surface area contributed by atoms with E-state index in [9.17, 15) is 4.79 Å². The molecule has 1 aliphatic heterocycles. The van der Waals surface area contributed by atoms with E-state index in [4.69, 9.17) is 0 Å². The lowest BCUT2D eigenvalue weighted by atomic mass is 10.1. The maximum Gasteiger partial charge on any atom is 0.236 e. The summed E-state index contributed by atoms with van der Waals surface area (Å²) in [6.07, 6.45) is 0.981. The van der Waals surface area contributed by atoms with Crippen molar-refractivity contribution >= 4 is 40.3 Å². The van der Waals surface area contributed by atoms with Crippen LogP contribution in [0.2, 0.25) is 0 Å². The first-order valence-electron chi connectivity index (χ1n) is 6.01. The predicted octanol–water partition coefficient (Wildman–Crippen LogP) is 2.67. The van der Waals surface area contributed by atoms with Crippen LogP contribution in [-0.2, 0) is 17.8 Å². The molecule has 3 rings (SSSR count). The van der Waals surface area contributed by atoms with E-state index in [1.807, 2.05) is 11.8 Å². The van der Waals surface area contributed by atoms with Crippen molar-refractivity contribution in [1.29, 1.82) is 0 Å². The van der Waals surface area contributed by atoms with E-state index in [1.165, 1.54) is 33.5 Å². The molecule has 19 heavy (non-hydrogen) atoms. The molecule has 0 fully saturated rings. The van der Waals surface area contributed by atoms with Crippen LogP contribution >= 0.6 is 34.4 Å². The summed E-state index contributed by atoms with van der Waals surface area (Å²) in [5, 5.41) is 9.77. The van der Waals surface area contributed by atoms with Gasteiger partial charge in [-0.15, -0.1) is 21.5 Å². The van der Waals surface area contributed by atoms with Crippen LogP contribution in [0.3, 0.4) is 0 Å². The van der Waals surface area contributed by atoms with Crippen LogP contribution in [0.15, 0.2) is 21.3 Å². The SMILES string of the molecule is C[C@H](Sc1nncs1)C(=O)N1CCc2sccc2C1. The Hall–Kier alpha value is -0.920. The zero-order valence-corrected chi connectivity index (χ0v) is 12.9. The minimum absolute atomic E-state index is 0.104. The Morgan fingerprint density at radius 1 is 1.53 bits per heavy atom. The average molecular weight is 311 g/mol. The summed E-state index contributed by atoms with van der Waals surface area (Å²) in [5.41, 5.74) is 3.00. The summed E-state index contributed by atoms with van der Waals surface area (Å²) in [7, 11) is 0. The molecule has 1 atom stereocenters. The van der Waals surface area contributed by atoms with Crippen LogP contribution in [0, 0.1) is 0 Å². The van der Waals surface area contributed by atoms with Gasteiger partial charge in [0.2, 0.25) is 5.91 Å². The van der Waals surface area contributed by atoms with Gasteiger partial charge in [-0.05, 0) is 30.4 Å². The van der Waals surface area contributed by atoms with Crippen molar-refractivity contribution < 1.29 is 4.79 Å². The van der Waals surface area contributed by atoms with Crippen LogP contribution in [-0.4, -0.2) is 32.8 Å². The Bertz CT molecular complexity index is 567. The van der Waals surface area contributed by atoms with E-state index in [0.29, 0.717) is 0 Å². The third kappa shape index (κ3) is 2.82. The minimum atomic E-state index is -0.104. The molecule has 100 valence electrons. The highest BCUT2D eigenvalue weighted by molar-refractivity contribution is 8.02. The first-order chi connectivity index (χ1) is 9.24. The van der Waals surface area contributed by atoms with E-state index in [0.717, 1.165) is 23.8 Å². The fraction of sp³-hybridized carbons (Fsp3) is 0.417. The van der Waals surface area contributed by atoms with Crippen molar-refractivity contribution in [2.45, 2.75) is 29.5 Å². The highest BCUT2D eigenvalue weighted by Gasteiger charge is 2.26. The molecule has 0 radical (unpaired) electrons. The summed E-state index contributed by atoms with van der Waals surface area (Å²) < 4.78 is 0.856. The molecule has 0 unspecified atom stereocenters. The molecular formula is C12H13N3OS3. The predicted molar refractivity (Wildman–Crippen MR) is 78.7 cm³/mol. The third-order valence-electron chi connectivity index (χ3n) is 3.08. The quantitative estimate of drug-likeness (QED) is 0.818. The van der Waals surface area contributed by atoms with Crippen LogP contribution in [0.1, 0.15) is 17.4 Å². The van der Waals surface area contributed by atoms with Crippen molar-refractivity contribution in [3.05, 3.63) is 27.4 Å². The molecule has 2 aromatic rings. The topological polar surface area (TPSA) is 46.1 Å². The third-order valence-corrected chi connectivity index (χ3v) is 6.01. The normalized spacial score (nSPS) is 16.2. The molecule has 2 aromatic heterocycles. The van der Waals surface area contributed by atoms with E-state index in [2.05, 4.69) is 21.6 Å². The minimum Gasteiger partial charge on any atom is -0.337 e. The van der Waals surface area contributed by atoms with Gasteiger partial charge in [-0.2, -0.15) is 0 Å². The Labute approximate surface area is 123 Å². The Morgan fingerprint density at radius 2 is 2.42 bits per heavy atom. The first kappa shape index (κ1) is 13.1. The number of carbonyl (C=O) groups is 1. The monoisotopic (exact) mass is 311 g/mol. The summed E-state index contributed by atoms with van der Waals surface area (Å²) >= 11 is 4.76. The number of hydrogen-bond acceptors (Lipinski definition) is 6. The summed E-state index contributed by atoms with van der Waals surface area (Å²) in [6.45, 7) is 3.52. The second kappa shape index (κ2) is 5.60. The zero-order chi connectivity index (χ0) is 13.2. The molecule has 0 bridgehead atoms. The molecule has 7 heteroatoms. The van der Waals surface area contributed by atoms with Gasteiger partial charge in [-0.3, -0.25) is 4.79 Å². The summed E-state index contributed by atoms with van der Waals surface area (Å²) in [4.78, 5) is 15.8. The number of rotatable bonds is 3. The fourth-order valence-corrected chi connectivity index (χ4v) is 4.71. The average Bonchev–Trinajstić information content (AvgIpc) is 3.07. The summed E-state index contributed by atoms with van der Waals surface area (Å²) in [6, 6.07) is 2.13. The lowest BCUT2D eigenvalue weighted by molar-refractivity contribution is -0.131. The second-order valence-electron chi connectivity index (χ2n) is 4.34. The van der Waals surface area contributed by atoms with Gasteiger partial charge in [0, 0.05) is 18.0 Å². The summed E-state index contributed by atoms with van der Waals surface area (Å²) in [5.74, 6) is 0.192. The number of fused-ring (bicyclic) bond motifs is 1. The van der Waals surface area contributed by atoms with Crippen LogP contribution < -0.4 is 0 Å².